The van der Waals surface area contributed by atoms with Gasteiger partial charge in [0.05, 0.1) is 0 Å². The molecule has 0 aromatic rings. The van der Waals surface area contributed by atoms with Gasteiger partial charge in [0.2, 0.25) is 0 Å². The van der Waals surface area contributed by atoms with Crippen molar-refractivity contribution in [2.75, 3.05) is 19.6 Å². The Morgan fingerprint density at radius 3 is 2.08 bits per heavy atom. The van der Waals surface area contributed by atoms with E-state index in [0.29, 0.717) is 0 Å². The van der Waals surface area contributed by atoms with Gasteiger partial charge in [-0.15, -0.1) is 0 Å². The first-order valence-electron chi connectivity index (χ1n) is 5.93. The van der Waals surface area contributed by atoms with E-state index >= 15 is 0 Å². The summed E-state index contributed by atoms with van der Waals surface area (Å²) < 4.78 is 0. The summed E-state index contributed by atoms with van der Waals surface area (Å²) in [5.74, 6) is 0.843. The van der Waals surface area contributed by atoms with Gasteiger partial charge in [0.1, 0.15) is 0 Å². The van der Waals surface area contributed by atoms with Crippen LogP contribution in [-0.2, 0) is 0 Å². The third-order valence-corrected chi connectivity index (χ3v) is 3.95. The maximum Gasteiger partial charge on any atom is 0.000439 e. The maximum absolute atomic E-state index is 2.66. The SMILES string of the molecule is CC(C)CN1CCC2(CCC2)CC1. The van der Waals surface area contributed by atoms with E-state index < -0.39 is 0 Å². The molecule has 1 saturated carbocycles. The van der Waals surface area contributed by atoms with Gasteiger partial charge >= 0.3 is 0 Å². The van der Waals surface area contributed by atoms with Crippen LogP contribution in [0.15, 0.2) is 0 Å². The minimum absolute atomic E-state index is 0.827. The zero-order valence-electron chi connectivity index (χ0n) is 9.18. The number of hydrogen-bond acceptors (Lipinski definition) is 1. The highest BCUT2D eigenvalue weighted by Gasteiger charge is 2.39. The predicted octanol–water partition coefficient (Wildman–Crippen LogP) is 2.91. The molecule has 13 heavy (non-hydrogen) atoms. The fourth-order valence-electron chi connectivity index (χ4n) is 2.90. The molecular weight excluding hydrogens is 158 g/mol. The van der Waals surface area contributed by atoms with Crippen LogP contribution in [-0.4, -0.2) is 24.5 Å². The maximum atomic E-state index is 2.66. The van der Waals surface area contributed by atoms with Crippen molar-refractivity contribution in [3.8, 4) is 0 Å². The second kappa shape index (κ2) is 3.61. The Morgan fingerprint density at radius 1 is 1.08 bits per heavy atom. The number of likely N-dealkylation sites (tertiary alicyclic amines) is 1. The molecule has 1 saturated heterocycles. The molecule has 0 atom stereocenters. The minimum atomic E-state index is 0.827. The van der Waals surface area contributed by atoms with Crippen molar-refractivity contribution in [3.05, 3.63) is 0 Å². The Bertz CT molecular complexity index is 160. The molecule has 0 aromatic carbocycles. The van der Waals surface area contributed by atoms with Gasteiger partial charge in [-0.05, 0) is 50.1 Å². The highest BCUT2D eigenvalue weighted by molar-refractivity contribution is 4.92. The highest BCUT2D eigenvalue weighted by atomic mass is 15.1. The Kier molecular flexibility index (Phi) is 2.64. The van der Waals surface area contributed by atoms with Gasteiger partial charge in [-0.1, -0.05) is 20.3 Å². The molecule has 2 aliphatic rings. The lowest BCUT2D eigenvalue weighted by molar-refractivity contribution is 0.0295. The molecule has 2 rings (SSSR count). The van der Waals surface area contributed by atoms with Crippen molar-refractivity contribution >= 4 is 0 Å². The van der Waals surface area contributed by atoms with Crippen molar-refractivity contribution in [1.82, 2.24) is 4.90 Å². The van der Waals surface area contributed by atoms with Crippen LogP contribution in [0.1, 0.15) is 46.0 Å². The van der Waals surface area contributed by atoms with Crippen LogP contribution in [0, 0.1) is 11.3 Å². The standard InChI is InChI=1S/C12H23N/c1-11(2)10-13-8-6-12(7-9-13)4-3-5-12/h11H,3-10H2,1-2H3. The zero-order valence-corrected chi connectivity index (χ0v) is 9.18. The summed E-state index contributed by atoms with van der Waals surface area (Å²) in [4.78, 5) is 2.66. The van der Waals surface area contributed by atoms with E-state index in [9.17, 15) is 0 Å². The monoisotopic (exact) mass is 181 g/mol. The van der Waals surface area contributed by atoms with Gasteiger partial charge in [0, 0.05) is 6.54 Å². The van der Waals surface area contributed by atoms with E-state index in [0.717, 1.165) is 11.3 Å². The molecule has 1 aliphatic heterocycles. The van der Waals surface area contributed by atoms with Crippen molar-refractivity contribution < 1.29 is 0 Å². The van der Waals surface area contributed by atoms with Crippen LogP contribution in [0.25, 0.3) is 0 Å². The Balaban J connectivity index is 1.76. The van der Waals surface area contributed by atoms with Gasteiger partial charge in [-0.2, -0.15) is 0 Å². The minimum Gasteiger partial charge on any atom is -0.303 e. The van der Waals surface area contributed by atoms with Gasteiger partial charge in [-0.3, -0.25) is 0 Å². The molecule has 1 aliphatic carbocycles. The Labute approximate surface area is 82.5 Å². The number of nitrogens with zero attached hydrogens (tertiary/aromatic N) is 1. The van der Waals surface area contributed by atoms with Crippen LogP contribution >= 0.6 is 0 Å². The summed E-state index contributed by atoms with van der Waals surface area (Å²) >= 11 is 0. The molecule has 1 spiro atoms. The normalized spacial score (nSPS) is 27.9. The topological polar surface area (TPSA) is 3.24 Å². The zero-order chi connectivity index (χ0) is 9.31. The van der Waals surface area contributed by atoms with Crippen LogP contribution in [0.5, 0.6) is 0 Å². The van der Waals surface area contributed by atoms with Crippen molar-refractivity contribution in [2.45, 2.75) is 46.0 Å². The van der Waals surface area contributed by atoms with Crippen LogP contribution in [0.2, 0.25) is 0 Å². The second-order valence-corrected chi connectivity index (χ2v) is 5.55. The van der Waals surface area contributed by atoms with Crippen molar-refractivity contribution in [2.24, 2.45) is 11.3 Å². The third-order valence-electron chi connectivity index (χ3n) is 3.95. The van der Waals surface area contributed by atoms with Crippen LogP contribution < -0.4 is 0 Å². The quantitative estimate of drug-likeness (QED) is 0.633. The molecule has 1 nitrogen and oxygen atoms in total. The van der Waals surface area contributed by atoms with Gasteiger partial charge in [0.15, 0.2) is 0 Å². The summed E-state index contributed by atoms with van der Waals surface area (Å²) in [7, 11) is 0. The summed E-state index contributed by atoms with van der Waals surface area (Å²) in [5, 5.41) is 0. The summed E-state index contributed by atoms with van der Waals surface area (Å²) in [5.41, 5.74) is 0.827. The molecule has 0 unspecified atom stereocenters. The summed E-state index contributed by atoms with van der Waals surface area (Å²) in [6.45, 7) is 8.72. The smallest absolute Gasteiger partial charge is 0.000439 e. The van der Waals surface area contributed by atoms with E-state index in [2.05, 4.69) is 18.7 Å². The first-order chi connectivity index (χ1) is 6.20. The average molecular weight is 181 g/mol. The molecule has 1 heteroatoms. The van der Waals surface area contributed by atoms with Crippen LogP contribution in [0.3, 0.4) is 0 Å². The fraction of sp³-hybridized carbons (Fsp3) is 1.00. The molecular formula is C12H23N. The van der Waals surface area contributed by atoms with Crippen molar-refractivity contribution in [1.29, 1.82) is 0 Å². The largest absolute Gasteiger partial charge is 0.303 e. The molecule has 2 fully saturated rings. The van der Waals surface area contributed by atoms with E-state index in [1.807, 2.05) is 0 Å². The summed E-state index contributed by atoms with van der Waals surface area (Å²) in [6, 6.07) is 0. The van der Waals surface area contributed by atoms with Gasteiger partial charge in [0.25, 0.3) is 0 Å². The van der Waals surface area contributed by atoms with E-state index in [1.54, 1.807) is 0 Å². The van der Waals surface area contributed by atoms with E-state index in [1.165, 1.54) is 51.7 Å². The Hall–Kier alpha value is -0.0400. The summed E-state index contributed by atoms with van der Waals surface area (Å²) in [6.07, 6.45) is 7.54. The van der Waals surface area contributed by atoms with E-state index in [4.69, 9.17) is 0 Å². The lowest BCUT2D eigenvalue weighted by atomic mass is 9.63. The highest BCUT2D eigenvalue weighted by Crippen LogP contribution is 2.48. The molecule has 1 heterocycles. The van der Waals surface area contributed by atoms with Crippen LogP contribution in [0.4, 0.5) is 0 Å². The third kappa shape index (κ3) is 2.07. The molecule has 0 amide bonds. The van der Waals surface area contributed by atoms with E-state index in [-0.39, 0.29) is 0 Å². The Morgan fingerprint density at radius 2 is 1.69 bits per heavy atom. The number of piperidine rings is 1. The molecule has 0 radical (unpaired) electrons. The molecule has 0 bridgehead atoms. The van der Waals surface area contributed by atoms with Gasteiger partial charge in [-0.25, -0.2) is 0 Å². The number of rotatable bonds is 2. The van der Waals surface area contributed by atoms with Crippen molar-refractivity contribution in [3.63, 3.8) is 0 Å². The first-order valence-corrected chi connectivity index (χ1v) is 5.93. The first kappa shape index (κ1) is 9.51. The predicted molar refractivity (Wildman–Crippen MR) is 56.8 cm³/mol. The fourth-order valence-corrected chi connectivity index (χ4v) is 2.90. The lowest BCUT2D eigenvalue weighted by Crippen LogP contribution is -2.44. The average Bonchev–Trinajstić information content (AvgIpc) is 2.02. The molecule has 0 N–H and O–H groups in total. The molecule has 0 aromatic heterocycles. The van der Waals surface area contributed by atoms with Gasteiger partial charge < -0.3 is 4.90 Å². The molecule has 76 valence electrons. The second-order valence-electron chi connectivity index (χ2n) is 5.55. The lowest BCUT2D eigenvalue weighted by Gasteiger charge is -2.48. The number of hydrogen-bond donors (Lipinski definition) is 0.